The van der Waals surface area contributed by atoms with Crippen molar-refractivity contribution in [2.75, 3.05) is 7.11 Å². The molecule has 7 heteroatoms. The van der Waals surface area contributed by atoms with Gasteiger partial charge in [0.1, 0.15) is 12.2 Å². The minimum atomic E-state index is -0.393. The van der Waals surface area contributed by atoms with E-state index >= 15 is 0 Å². The van der Waals surface area contributed by atoms with Crippen LogP contribution in [0.3, 0.4) is 0 Å². The number of carbonyl (C=O) groups is 2. The van der Waals surface area contributed by atoms with Crippen LogP contribution in [-0.4, -0.2) is 34.2 Å². The van der Waals surface area contributed by atoms with Crippen molar-refractivity contribution in [3.05, 3.63) is 53.6 Å². The Morgan fingerprint density at radius 1 is 1.33 bits per heavy atom. The van der Waals surface area contributed by atoms with Crippen LogP contribution in [0.25, 0.3) is 6.08 Å². The molecule has 0 aliphatic heterocycles. The second-order valence-corrected chi connectivity index (χ2v) is 4.10. The normalized spacial score (nSPS) is 10.5. The summed E-state index contributed by atoms with van der Waals surface area (Å²) in [6.45, 7) is 0.282. The molecule has 1 aromatic carbocycles. The van der Waals surface area contributed by atoms with E-state index in [-0.39, 0.29) is 12.5 Å². The van der Waals surface area contributed by atoms with Crippen molar-refractivity contribution < 1.29 is 14.3 Å². The first-order chi connectivity index (χ1) is 10.2. The summed E-state index contributed by atoms with van der Waals surface area (Å²) in [6.07, 6.45) is 4.43. The van der Waals surface area contributed by atoms with Gasteiger partial charge in [-0.05, 0) is 23.8 Å². The molecule has 0 unspecified atom stereocenters. The lowest BCUT2D eigenvalue weighted by Gasteiger charge is -2.00. The maximum absolute atomic E-state index is 11.6. The molecule has 0 bridgehead atoms. The molecule has 0 saturated carbocycles. The van der Waals surface area contributed by atoms with Crippen LogP contribution in [0, 0.1) is 0 Å². The Morgan fingerprint density at radius 2 is 2.10 bits per heavy atom. The molecule has 21 heavy (non-hydrogen) atoms. The Bertz CT molecular complexity index is 633. The van der Waals surface area contributed by atoms with E-state index in [1.165, 1.54) is 19.5 Å². The third kappa shape index (κ3) is 4.27. The quantitative estimate of drug-likeness (QED) is 0.629. The maximum Gasteiger partial charge on any atom is 0.337 e. The Kier molecular flexibility index (Phi) is 4.81. The number of rotatable bonds is 5. The van der Waals surface area contributed by atoms with Gasteiger partial charge in [0.15, 0.2) is 0 Å². The zero-order chi connectivity index (χ0) is 15.1. The van der Waals surface area contributed by atoms with Gasteiger partial charge in [-0.25, -0.2) is 9.78 Å². The van der Waals surface area contributed by atoms with Gasteiger partial charge >= 0.3 is 5.97 Å². The van der Waals surface area contributed by atoms with Crippen LogP contribution in [0.5, 0.6) is 0 Å². The van der Waals surface area contributed by atoms with Gasteiger partial charge in [-0.3, -0.25) is 9.89 Å². The van der Waals surface area contributed by atoms with E-state index < -0.39 is 5.97 Å². The highest BCUT2D eigenvalue weighted by molar-refractivity contribution is 5.92. The molecule has 0 atom stereocenters. The van der Waals surface area contributed by atoms with E-state index in [1.807, 2.05) is 0 Å². The lowest BCUT2D eigenvalue weighted by Crippen LogP contribution is -2.20. The number of hydrogen-bond acceptors (Lipinski definition) is 5. The molecule has 0 aliphatic rings. The Labute approximate surface area is 121 Å². The molecule has 108 valence electrons. The fourth-order valence-corrected chi connectivity index (χ4v) is 1.57. The van der Waals surface area contributed by atoms with E-state index in [0.29, 0.717) is 11.4 Å². The van der Waals surface area contributed by atoms with Gasteiger partial charge in [-0.1, -0.05) is 12.1 Å². The van der Waals surface area contributed by atoms with Crippen LogP contribution >= 0.6 is 0 Å². The van der Waals surface area contributed by atoms with Crippen molar-refractivity contribution in [2.24, 2.45) is 0 Å². The predicted octanol–water partition coefficient (Wildman–Crippen LogP) is 0.921. The number of aromatic nitrogens is 3. The maximum atomic E-state index is 11.6. The highest BCUT2D eigenvalue weighted by atomic mass is 16.5. The number of methoxy groups -OCH3 is 1. The van der Waals surface area contributed by atoms with Gasteiger partial charge in [0.05, 0.1) is 19.2 Å². The number of hydrogen-bond donors (Lipinski definition) is 2. The fraction of sp³-hybridized carbons (Fsp3) is 0.143. The van der Waals surface area contributed by atoms with E-state index in [4.69, 9.17) is 0 Å². The molecule has 2 rings (SSSR count). The van der Waals surface area contributed by atoms with Crippen molar-refractivity contribution in [1.82, 2.24) is 20.5 Å². The Morgan fingerprint density at radius 3 is 2.71 bits per heavy atom. The number of H-pyrrole nitrogens is 1. The first-order valence-electron chi connectivity index (χ1n) is 6.17. The van der Waals surface area contributed by atoms with Gasteiger partial charge < -0.3 is 10.1 Å². The molecular formula is C14H14N4O3. The highest BCUT2D eigenvalue weighted by Gasteiger charge is 2.03. The fourth-order valence-electron chi connectivity index (χ4n) is 1.57. The van der Waals surface area contributed by atoms with Crippen molar-refractivity contribution in [1.29, 1.82) is 0 Å². The van der Waals surface area contributed by atoms with Gasteiger partial charge in [-0.15, -0.1) is 0 Å². The molecule has 0 fully saturated rings. The second kappa shape index (κ2) is 6.99. The molecule has 0 spiro atoms. The number of esters is 1. The molecule has 0 aliphatic carbocycles. The number of amides is 1. The minimum absolute atomic E-state index is 0.247. The molecule has 1 aromatic heterocycles. The van der Waals surface area contributed by atoms with E-state index in [2.05, 4.69) is 25.2 Å². The summed E-state index contributed by atoms with van der Waals surface area (Å²) >= 11 is 0. The number of nitrogens with zero attached hydrogens (tertiary/aromatic N) is 2. The third-order valence-corrected chi connectivity index (χ3v) is 2.65. The number of carbonyl (C=O) groups excluding carboxylic acids is 2. The summed E-state index contributed by atoms with van der Waals surface area (Å²) in [6, 6.07) is 6.73. The topological polar surface area (TPSA) is 97.0 Å². The average molecular weight is 286 g/mol. The predicted molar refractivity (Wildman–Crippen MR) is 75.0 cm³/mol. The molecule has 1 heterocycles. The Hall–Kier alpha value is -2.96. The van der Waals surface area contributed by atoms with Crippen LogP contribution in [0.2, 0.25) is 0 Å². The molecular weight excluding hydrogens is 272 g/mol. The zero-order valence-corrected chi connectivity index (χ0v) is 11.4. The number of ether oxygens (including phenoxy) is 1. The average Bonchev–Trinajstić information content (AvgIpc) is 3.04. The first kappa shape index (κ1) is 14.4. The van der Waals surface area contributed by atoms with Crippen molar-refractivity contribution in [2.45, 2.75) is 6.54 Å². The lowest BCUT2D eigenvalue weighted by molar-refractivity contribution is -0.116. The van der Waals surface area contributed by atoms with Gasteiger partial charge in [-0.2, -0.15) is 5.10 Å². The summed E-state index contributed by atoms with van der Waals surface area (Å²) in [5, 5.41) is 8.99. The summed E-state index contributed by atoms with van der Waals surface area (Å²) < 4.78 is 4.61. The highest BCUT2D eigenvalue weighted by Crippen LogP contribution is 2.07. The van der Waals surface area contributed by atoms with Crippen LogP contribution in [0.1, 0.15) is 21.7 Å². The second-order valence-electron chi connectivity index (χ2n) is 4.10. The third-order valence-electron chi connectivity index (χ3n) is 2.65. The Balaban J connectivity index is 1.88. The molecule has 2 aromatic rings. The largest absolute Gasteiger partial charge is 0.465 e. The van der Waals surface area contributed by atoms with Crippen LogP contribution in [-0.2, 0) is 16.1 Å². The van der Waals surface area contributed by atoms with E-state index in [1.54, 1.807) is 30.3 Å². The first-order valence-corrected chi connectivity index (χ1v) is 6.17. The van der Waals surface area contributed by atoms with Crippen molar-refractivity contribution in [3.63, 3.8) is 0 Å². The van der Waals surface area contributed by atoms with E-state index in [9.17, 15) is 9.59 Å². The SMILES string of the molecule is COC(=O)c1ccc(/C=C/C(=O)NCc2ncn[nH]2)cc1. The number of aromatic amines is 1. The number of benzene rings is 1. The summed E-state index contributed by atoms with van der Waals surface area (Å²) in [7, 11) is 1.33. The minimum Gasteiger partial charge on any atom is -0.465 e. The number of nitrogens with one attached hydrogen (secondary N) is 2. The molecule has 0 radical (unpaired) electrons. The summed E-state index contributed by atoms with van der Waals surface area (Å²) in [4.78, 5) is 26.8. The van der Waals surface area contributed by atoms with Crippen LogP contribution < -0.4 is 5.32 Å². The smallest absolute Gasteiger partial charge is 0.337 e. The van der Waals surface area contributed by atoms with Crippen molar-refractivity contribution >= 4 is 18.0 Å². The molecule has 7 nitrogen and oxygen atoms in total. The van der Waals surface area contributed by atoms with E-state index in [0.717, 1.165) is 5.56 Å². The standard InChI is InChI=1S/C14H14N4O3/c1-21-14(20)11-5-2-10(3-6-11)4-7-13(19)15-8-12-16-9-17-18-12/h2-7,9H,8H2,1H3,(H,15,19)(H,16,17,18)/b7-4+. The van der Waals surface area contributed by atoms with Gasteiger partial charge in [0, 0.05) is 6.08 Å². The summed E-state index contributed by atoms with van der Waals surface area (Å²) in [5.74, 6) is -0.0574. The molecule has 2 N–H and O–H groups in total. The summed E-state index contributed by atoms with van der Waals surface area (Å²) in [5.41, 5.74) is 1.27. The lowest BCUT2D eigenvalue weighted by atomic mass is 10.1. The van der Waals surface area contributed by atoms with Crippen LogP contribution in [0.4, 0.5) is 0 Å². The van der Waals surface area contributed by atoms with Gasteiger partial charge in [0.25, 0.3) is 0 Å². The zero-order valence-electron chi connectivity index (χ0n) is 11.4. The molecule has 0 saturated heterocycles. The van der Waals surface area contributed by atoms with Gasteiger partial charge in [0.2, 0.25) is 5.91 Å². The van der Waals surface area contributed by atoms with Crippen molar-refractivity contribution in [3.8, 4) is 0 Å². The van der Waals surface area contributed by atoms with Crippen LogP contribution in [0.15, 0.2) is 36.7 Å². The monoisotopic (exact) mass is 286 g/mol. The molecule has 1 amide bonds.